The first-order valence-electron chi connectivity index (χ1n) is 12.7. The fraction of sp³-hybridized carbons (Fsp3) is 0.690. The van der Waals surface area contributed by atoms with E-state index in [9.17, 15) is 15.0 Å². The molecule has 4 aliphatic carbocycles. The van der Waals surface area contributed by atoms with E-state index < -0.39 is 17.1 Å². The lowest BCUT2D eigenvalue weighted by atomic mass is 9.44. The van der Waals surface area contributed by atoms with E-state index >= 15 is 0 Å². The highest BCUT2D eigenvalue weighted by Crippen LogP contribution is 2.73. The molecule has 0 saturated heterocycles. The lowest BCUT2D eigenvalue weighted by Crippen LogP contribution is -2.63. The Kier molecular flexibility index (Phi) is 5.07. The van der Waals surface area contributed by atoms with E-state index in [1.807, 2.05) is 6.92 Å². The molecule has 2 saturated carbocycles. The van der Waals surface area contributed by atoms with Crippen LogP contribution < -0.4 is 5.63 Å². The summed E-state index contributed by atoms with van der Waals surface area (Å²) in [6.07, 6.45) is 9.67. The summed E-state index contributed by atoms with van der Waals surface area (Å²) < 4.78 is 11.1. The van der Waals surface area contributed by atoms with E-state index in [1.165, 1.54) is 12.3 Å². The zero-order valence-corrected chi connectivity index (χ0v) is 21.6. The van der Waals surface area contributed by atoms with Crippen LogP contribution in [0.3, 0.4) is 0 Å². The maximum atomic E-state index is 12.6. The highest BCUT2D eigenvalue weighted by atomic mass is 16.5. The van der Waals surface area contributed by atoms with Gasteiger partial charge in [-0.1, -0.05) is 59.8 Å². The summed E-state index contributed by atoms with van der Waals surface area (Å²) in [5, 5.41) is 24.5. The number of ether oxygens (including phenoxy) is 1. The predicted molar refractivity (Wildman–Crippen MR) is 131 cm³/mol. The van der Waals surface area contributed by atoms with Crippen molar-refractivity contribution in [2.45, 2.75) is 84.5 Å². The molecule has 5 nitrogen and oxygen atoms in total. The molecule has 1 heterocycles. The molecule has 0 amide bonds. The Labute approximate surface area is 202 Å². The smallest absolute Gasteiger partial charge is 0.335 e. The highest BCUT2D eigenvalue weighted by molar-refractivity contribution is 5.43. The minimum atomic E-state index is -1.15. The number of fused-ring (bicyclic) bond motifs is 5. The van der Waals surface area contributed by atoms with Gasteiger partial charge in [0.1, 0.15) is 0 Å². The van der Waals surface area contributed by atoms with Gasteiger partial charge >= 0.3 is 5.63 Å². The molecule has 0 unspecified atom stereocenters. The van der Waals surface area contributed by atoms with Gasteiger partial charge in [0.2, 0.25) is 0 Å². The first-order valence-corrected chi connectivity index (χ1v) is 12.7. The van der Waals surface area contributed by atoms with Gasteiger partial charge in [0.05, 0.1) is 24.1 Å². The molecule has 1 aromatic rings. The largest absolute Gasteiger partial charge is 0.431 e. The summed E-state index contributed by atoms with van der Waals surface area (Å²) in [6.45, 7) is 13.2. The number of allylic oxidation sites excluding steroid dienone is 2. The van der Waals surface area contributed by atoms with Crippen molar-refractivity contribution in [1.82, 2.24) is 0 Å². The summed E-state index contributed by atoms with van der Waals surface area (Å²) >= 11 is 0. The van der Waals surface area contributed by atoms with Crippen molar-refractivity contribution in [3.63, 3.8) is 0 Å². The number of methoxy groups -OCH3 is 1. The first-order chi connectivity index (χ1) is 15.7. The molecule has 4 aliphatic rings. The second-order valence-corrected chi connectivity index (χ2v) is 13.1. The van der Waals surface area contributed by atoms with Gasteiger partial charge in [-0.25, -0.2) is 4.79 Å². The van der Waals surface area contributed by atoms with Gasteiger partial charge in [-0.15, -0.1) is 0 Å². The molecule has 0 radical (unpaired) electrons. The Morgan fingerprint density at radius 3 is 2.44 bits per heavy atom. The van der Waals surface area contributed by atoms with E-state index in [1.54, 1.807) is 13.2 Å². The Morgan fingerprint density at radius 2 is 1.82 bits per heavy atom. The Balaban J connectivity index is 1.65. The van der Waals surface area contributed by atoms with Crippen molar-refractivity contribution < 1.29 is 19.4 Å². The molecule has 2 fully saturated rings. The van der Waals surface area contributed by atoms with E-state index in [0.29, 0.717) is 18.8 Å². The van der Waals surface area contributed by atoms with Crippen LogP contribution in [0.1, 0.15) is 72.3 Å². The summed E-state index contributed by atoms with van der Waals surface area (Å²) in [5.41, 5.74) is -0.934. The molecular weight excluding hydrogens is 428 g/mol. The Morgan fingerprint density at radius 1 is 1.12 bits per heavy atom. The topological polar surface area (TPSA) is 79.9 Å². The maximum Gasteiger partial charge on any atom is 0.335 e. The predicted octanol–water partition coefficient (Wildman–Crippen LogP) is 4.84. The van der Waals surface area contributed by atoms with Crippen molar-refractivity contribution in [3.05, 3.63) is 58.2 Å². The zero-order valence-electron chi connectivity index (χ0n) is 21.6. The zero-order chi connectivity index (χ0) is 24.9. The Bertz CT molecular complexity index is 1090. The molecule has 186 valence electrons. The van der Waals surface area contributed by atoms with Crippen LogP contribution >= 0.6 is 0 Å². The molecule has 5 heteroatoms. The van der Waals surface area contributed by atoms with E-state index in [-0.39, 0.29) is 39.8 Å². The lowest BCUT2D eigenvalue weighted by Gasteiger charge is -2.63. The number of aliphatic hydroxyl groups is 2. The normalized spacial score (nSPS) is 46.3. The van der Waals surface area contributed by atoms with E-state index in [4.69, 9.17) is 9.15 Å². The molecular formula is C29H40O5. The third-order valence-corrected chi connectivity index (χ3v) is 10.6. The van der Waals surface area contributed by atoms with E-state index in [2.05, 4.69) is 52.8 Å². The first kappa shape index (κ1) is 24.0. The third kappa shape index (κ3) is 2.81. The average molecular weight is 469 g/mol. The van der Waals surface area contributed by atoms with Crippen molar-refractivity contribution >= 4 is 0 Å². The van der Waals surface area contributed by atoms with Crippen molar-refractivity contribution in [3.8, 4) is 0 Å². The average Bonchev–Trinajstić information content (AvgIpc) is 2.92. The van der Waals surface area contributed by atoms with Crippen molar-refractivity contribution in [1.29, 1.82) is 0 Å². The van der Waals surface area contributed by atoms with Crippen LogP contribution in [0.25, 0.3) is 0 Å². The highest BCUT2D eigenvalue weighted by Gasteiger charge is 2.73. The summed E-state index contributed by atoms with van der Waals surface area (Å²) in [7, 11) is 1.77. The van der Waals surface area contributed by atoms with Gasteiger partial charge in [-0.05, 0) is 64.5 Å². The standard InChI is InChI=1S/C29H40O5/c1-25(2)16-29(32)18-9-10-20-26(3,4)22(33-7)12-13-27(20,5)19(18)14-21(30)28(29,6)24(25)17-8-11-23(31)34-15-17/h8-9,11-13,15,19-22,24,30,32H,10,14,16H2,1-7H3/t19-,20-,21+,22-,24-,27+,28+,29-/m0/s1. The molecule has 5 rings (SSSR count). The van der Waals surface area contributed by atoms with Crippen molar-refractivity contribution in [2.24, 2.45) is 33.5 Å². The second kappa shape index (κ2) is 7.18. The van der Waals surface area contributed by atoms with Crippen LogP contribution in [0.2, 0.25) is 0 Å². The monoisotopic (exact) mass is 468 g/mol. The maximum absolute atomic E-state index is 12.6. The van der Waals surface area contributed by atoms with Crippen LogP contribution in [-0.4, -0.2) is 35.1 Å². The van der Waals surface area contributed by atoms with Gasteiger partial charge < -0.3 is 19.4 Å². The van der Waals surface area contributed by atoms with Crippen LogP contribution in [-0.2, 0) is 4.74 Å². The van der Waals surface area contributed by atoms with Crippen LogP contribution in [0.4, 0.5) is 0 Å². The molecule has 0 aromatic carbocycles. The third-order valence-electron chi connectivity index (χ3n) is 10.6. The lowest BCUT2D eigenvalue weighted by molar-refractivity contribution is -0.155. The minimum Gasteiger partial charge on any atom is -0.431 e. The van der Waals surface area contributed by atoms with Crippen LogP contribution in [0.5, 0.6) is 0 Å². The minimum absolute atomic E-state index is 0.0462. The van der Waals surface area contributed by atoms with Crippen LogP contribution in [0.15, 0.2) is 51.4 Å². The summed E-state index contributed by atoms with van der Waals surface area (Å²) in [6, 6.07) is 3.24. The number of hydrogen-bond donors (Lipinski definition) is 2. The number of hydrogen-bond acceptors (Lipinski definition) is 5. The number of aliphatic hydroxyl groups excluding tert-OH is 1. The molecule has 8 atom stereocenters. The molecule has 0 aliphatic heterocycles. The van der Waals surface area contributed by atoms with Gasteiger partial charge in [0.15, 0.2) is 0 Å². The van der Waals surface area contributed by atoms with Gasteiger partial charge in [-0.3, -0.25) is 0 Å². The summed E-state index contributed by atoms with van der Waals surface area (Å²) in [4.78, 5) is 11.7. The Hall–Kier alpha value is -1.69. The van der Waals surface area contributed by atoms with Gasteiger partial charge in [0.25, 0.3) is 0 Å². The fourth-order valence-corrected chi connectivity index (χ4v) is 9.20. The molecule has 0 spiro atoms. The van der Waals surface area contributed by atoms with E-state index in [0.717, 1.165) is 17.6 Å². The van der Waals surface area contributed by atoms with Crippen molar-refractivity contribution in [2.75, 3.05) is 7.11 Å². The molecule has 34 heavy (non-hydrogen) atoms. The molecule has 2 N–H and O–H groups in total. The fourth-order valence-electron chi connectivity index (χ4n) is 9.20. The molecule has 0 bridgehead atoms. The van der Waals surface area contributed by atoms with Gasteiger partial charge in [-0.2, -0.15) is 0 Å². The SMILES string of the molecule is CO[C@H]1C=C[C@]2(C)[C@H]3C[C@@H](O)[C@]4(C)[C@@H](c5ccc(=O)oc5)C(C)(C)C[C@]4(O)C3=CC[C@H]2C1(C)C. The number of rotatable bonds is 2. The van der Waals surface area contributed by atoms with Crippen LogP contribution in [0, 0.1) is 33.5 Å². The summed E-state index contributed by atoms with van der Waals surface area (Å²) in [5.74, 6) is 0.237. The van der Waals surface area contributed by atoms with Gasteiger partial charge in [0, 0.05) is 24.5 Å². The quantitative estimate of drug-likeness (QED) is 0.608. The molecule has 1 aromatic heterocycles. The second-order valence-electron chi connectivity index (χ2n) is 13.1.